The molecule has 26 heavy (non-hydrogen) atoms. The van der Waals surface area contributed by atoms with Gasteiger partial charge in [0.25, 0.3) is 0 Å². The van der Waals surface area contributed by atoms with Gasteiger partial charge in [0.15, 0.2) is 4.34 Å². The van der Waals surface area contributed by atoms with Gasteiger partial charge in [-0.1, -0.05) is 48.5 Å². The van der Waals surface area contributed by atoms with Crippen LogP contribution in [0, 0.1) is 5.92 Å². The SMILES string of the molecule is CC(C)CNc1nnc(SCC(=O)Nc2cc(C(F)(F)F)ccc2Cl)s1. The Morgan fingerprint density at radius 3 is 2.73 bits per heavy atom. The summed E-state index contributed by atoms with van der Waals surface area (Å²) >= 11 is 8.31. The number of anilines is 2. The normalized spacial score (nSPS) is 11.7. The van der Waals surface area contributed by atoms with E-state index in [9.17, 15) is 18.0 Å². The Bertz CT molecular complexity index is 768. The van der Waals surface area contributed by atoms with Crippen LogP contribution in [0.25, 0.3) is 0 Å². The number of aromatic nitrogens is 2. The van der Waals surface area contributed by atoms with E-state index in [1.807, 2.05) is 0 Å². The summed E-state index contributed by atoms with van der Waals surface area (Å²) in [5.74, 6) is -0.0492. The molecular formula is C15H16ClF3N4OS2. The predicted molar refractivity (Wildman–Crippen MR) is 99.0 cm³/mol. The Morgan fingerprint density at radius 2 is 2.08 bits per heavy atom. The molecule has 1 aromatic carbocycles. The van der Waals surface area contributed by atoms with Crippen molar-refractivity contribution in [3.63, 3.8) is 0 Å². The Balaban J connectivity index is 1.91. The van der Waals surface area contributed by atoms with E-state index in [0.29, 0.717) is 15.4 Å². The van der Waals surface area contributed by atoms with E-state index in [1.54, 1.807) is 0 Å². The number of rotatable bonds is 7. The van der Waals surface area contributed by atoms with Gasteiger partial charge in [-0.3, -0.25) is 4.79 Å². The van der Waals surface area contributed by atoms with Gasteiger partial charge < -0.3 is 10.6 Å². The van der Waals surface area contributed by atoms with Crippen molar-refractivity contribution in [1.29, 1.82) is 0 Å². The molecule has 0 aliphatic heterocycles. The number of benzene rings is 1. The highest BCUT2D eigenvalue weighted by molar-refractivity contribution is 8.01. The average molecular weight is 425 g/mol. The van der Waals surface area contributed by atoms with Crippen LogP contribution in [0.4, 0.5) is 24.0 Å². The van der Waals surface area contributed by atoms with Gasteiger partial charge in [0.1, 0.15) is 0 Å². The zero-order valence-corrected chi connectivity index (χ0v) is 16.2. The zero-order chi connectivity index (χ0) is 19.3. The molecule has 0 saturated carbocycles. The van der Waals surface area contributed by atoms with Gasteiger partial charge in [0.05, 0.1) is 22.0 Å². The lowest BCUT2D eigenvalue weighted by atomic mass is 10.2. The third-order valence-corrected chi connectivity index (χ3v) is 5.31. The highest BCUT2D eigenvalue weighted by Crippen LogP contribution is 2.34. The molecule has 0 aliphatic carbocycles. The van der Waals surface area contributed by atoms with E-state index in [0.717, 1.165) is 36.5 Å². The quantitative estimate of drug-likeness (QED) is 0.611. The van der Waals surface area contributed by atoms with E-state index in [1.165, 1.54) is 11.3 Å². The van der Waals surface area contributed by atoms with Crippen LogP contribution in [-0.4, -0.2) is 28.4 Å². The molecule has 2 aromatic rings. The van der Waals surface area contributed by atoms with Crippen LogP contribution in [0.1, 0.15) is 19.4 Å². The molecule has 11 heteroatoms. The zero-order valence-electron chi connectivity index (χ0n) is 13.9. The summed E-state index contributed by atoms with van der Waals surface area (Å²) in [5.41, 5.74) is -0.960. The number of alkyl halides is 3. The fraction of sp³-hybridized carbons (Fsp3) is 0.400. The van der Waals surface area contributed by atoms with E-state index in [2.05, 4.69) is 34.7 Å². The third kappa shape index (κ3) is 6.33. The number of hydrogen-bond acceptors (Lipinski definition) is 6. The molecule has 0 radical (unpaired) electrons. The number of carbonyl (C=O) groups is 1. The summed E-state index contributed by atoms with van der Waals surface area (Å²) in [6, 6.07) is 2.77. The number of thioether (sulfide) groups is 1. The first-order valence-corrected chi connectivity index (χ1v) is 9.70. The molecule has 1 heterocycles. The van der Waals surface area contributed by atoms with Crippen molar-refractivity contribution in [2.45, 2.75) is 24.4 Å². The molecule has 0 fully saturated rings. The Morgan fingerprint density at radius 1 is 1.35 bits per heavy atom. The van der Waals surface area contributed by atoms with Crippen LogP contribution in [0.15, 0.2) is 22.5 Å². The number of hydrogen-bond donors (Lipinski definition) is 2. The molecule has 0 spiro atoms. The molecule has 1 aromatic heterocycles. The van der Waals surface area contributed by atoms with Gasteiger partial charge in [-0.2, -0.15) is 13.2 Å². The van der Waals surface area contributed by atoms with Gasteiger partial charge >= 0.3 is 6.18 Å². The van der Waals surface area contributed by atoms with Crippen molar-refractivity contribution in [2.75, 3.05) is 22.9 Å². The molecule has 0 unspecified atom stereocenters. The van der Waals surface area contributed by atoms with E-state index in [-0.39, 0.29) is 16.5 Å². The minimum Gasteiger partial charge on any atom is -0.360 e. The average Bonchev–Trinajstić information content (AvgIpc) is 3.00. The maximum absolute atomic E-state index is 12.7. The highest BCUT2D eigenvalue weighted by atomic mass is 35.5. The van der Waals surface area contributed by atoms with Gasteiger partial charge in [0.2, 0.25) is 11.0 Å². The topological polar surface area (TPSA) is 66.9 Å². The maximum Gasteiger partial charge on any atom is 0.416 e. The minimum atomic E-state index is -4.51. The van der Waals surface area contributed by atoms with Gasteiger partial charge in [0, 0.05) is 6.54 Å². The summed E-state index contributed by atoms with van der Waals surface area (Å²) in [6.07, 6.45) is -4.51. The van der Waals surface area contributed by atoms with Gasteiger partial charge in [-0.25, -0.2) is 0 Å². The first-order valence-electron chi connectivity index (χ1n) is 7.52. The second-order valence-corrected chi connectivity index (χ2v) is 8.28. The number of nitrogens with one attached hydrogen (secondary N) is 2. The van der Waals surface area contributed by atoms with Crippen LogP contribution in [0.2, 0.25) is 5.02 Å². The molecule has 1 amide bonds. The van der Waals surface area contributed by atoms with Crippen LogP contribution < -0.4 is 10.6 Å². The highest BCUT2D eigenvalue weighted by Gasteiger charge is 2.31. The summed E-state index contributed by atoms with van der Waals surface area (Å²) < 4.78 is 38.8. The van der Waals surface area contributed by atoms with E-state index in [4.69, 9.17) is 11.6 Å². The first kappa shape index (κ1) is 20.8. The fourth-order valence-electron chi connectivity index (χ4n) is 1.74. The maximum atomic E-state index is 12.7. The smallest absolute Gasteiger partial charge is 0.360 e. The Hall–Kier alpha value is -1.52. The van der Waals surface area contributed by atoms with Crippen molar-refractivity contribution in [1.82, 2.24) is 10.2 Å². The minimum absolute atomic E-state index is 0.0224. The van der Waals surface area contributed by atoms with Crippen LogP contribution in [-0.2, 0) is 11.0 Å². The van der Waals surface area contributed by atoms with Crippen molar-refractivity contribution in [3.05, 3.63) is 28.8 Å². The number of nitrogens with zero attached hydrogens (tertiary/aromatic N) is 2. The van der Waals surface area contributed by atoms with Crippen molar-refractivity contribution >= 4 is 51.4 Å². The lowest BCUT2D eigenvalue weighted by Gasteiger charge is -2.11. The van der Waals surface area contributed by atoms with Crippen LogP contribution in [0.5, 0.6) is 0 Å². The molecular weight excluding hydrogens is 409 g/mol. The second-order valence-electron chi connectivity index (χ2n) is 5.68. The number of carbonyl (C=O) groups excluding carboxylic acids is 1. The molecule has 142 valence electrons. The number of halogens is 4. The standard InChI is InChI=1S/C15H16ClF3N4OS2/c1-8(2)6-20-13-22-23-14(26-13)25-7-12(24)21-11-5-9(15(17,18)19)3-4-10(11)16/h3-5,8H,6-7H2,1-2H3,(H,20,22)(H,21,24). The molecule has 0 atom stereocenters. The third-order valence-electron chi connectivity index (χ3n) is 2.96. The molecule has 0 bridgehead atoms. The van der Waals surface area contributed by atoms with E-state index >= 15 is 0 Å². The fourth-order valence-corrected chi connectivity index (χ4v) is 3.47. The van der Waals surface area contributed by atoms with Crippen LogP contribution in [0.3, 0.4) is 0 Å². The van der Waals surface area contributed by atoms with Gasteiger partial charge in [-0.05, 0) is 24.1 Å². The summed E-state index contributed by atoms with van der Waals surface area (Å²) in [7, 11) is 0. The molecule has 5 nitrogen and oxygen atoms in total. The summed E-state index contributed by atoms with van der Waals surface area (Å²) in [5, 5.41) is 14.1. The summed E-state index contributed by atoms with van der Waals surface area (Å²) in [4.78, 5) is 12.0. The van der Waals surface area contributed by atoms with E-state index < -0.39 is 17.6 Å². The molecule has 0 aliphatic rings. The monoisotopic (exact) mass is 424 g/mol. The lowest BCUT2D eigenvalue weighted by molar-refractivity contribution is -0.137. The summed E-state index contributed by atoms with van der Waals surface area (Å²) in [6.45, 7) is 4.88. The van der Waals surface area contributed by atoms with Crippen LogP contribution >= 0.6 is 34.7 Å². The van der Waals surface area contributed by atoms with Gasteiger partial charge in [-0.15, -0.1) is 10.2 Å². The molecule has 2 rings (SSSR count). The van der Waals surface area contributed by atoms with Crippen molar-refractivity contribution in [3.8, 4) is 0 Å². The largest absolute Gasteiger partial charge is 0.416 e. The first-order chi connectivity index (χ1) is 12.1. The number of amides is 1. The lowest BCUT2D eigenvalue weighted by Crippen LogP contribution is -2.15. The second kappa shape index (κ2) is 8.92. The van der Waals surface area contributed by atoms with Crippen molar-refractivity contribution < 1.29 is 18.0 Å². The van der Waals surface area contributed by atoms with Crippen molar-refractivity contribution in [2.24, 2.45) is 5.92 Å². The predicted octanol–water partition coefficient (Wildman–Crippen LogP) is 5.01. The molecule has 0 saturated heterocycles. The molecule has 2 N–H and O–H groups in total. The Kier molecular flexibility index (Phi) is 7.13. The Labute approximate surface area is 161 Å².